The lowest BCUT2D eigenvalue weighted by atomic mass is 10.1. The van der Waals surface area contributed by atoms with E-state index in [1.165, 1.54) is 6.26 Å². The van der Waals surface area contributed by atoms with Crippen LogP contribution in [0.4, 0.5) is 0 Å². The molecule has 17 heavy (non-hydrogen) atoms. The van der Waals surface area contributed by atoms with Crippen LogP contribution in [0.15, 0.2) is 66.9 Å². The Balaban J connectivity index is 1.95. The molecule has 3 rings (SSSR count). The van der Waals surface area contributed by atoms with Gasteiger partial charge in [-0.25, -0.2) is 0 Å². The highest BCUT2D eigenvalue weighted by Gasteiger charge is 2.19. The summed E-state index contributed by atoms with van der Waals surface area (Å²) in [5.74, 6) is 0. The average molecular weight is 225 g/mol. The molecule has 0 amide bonds. The van der Waals surface area contributed by atoms with Gasteiger partial charge < -0.3 is 10.0 Å². The van der Waals surface area contributed by atoms with Crippen LogP contribution in [0.3, 0.4) is 0 Å². The van der Waals surface area contributed by atoms with Gasteiger partial charge in [0.2, 0.25) is 0 Å². The number of rotatable bonds is 2. The van der Waals surface area contributed by atoms with Crippen molar-refractivity contribution in [2.75, 3.05) is 0 Å². The van der Waals surface area contributed by atoms with Gasteiger partial charge in [0.05, 0.1) is 5.70 Å². The van der Waals surface area contributed by atoms with E-state index >= 15 is 0 Å². The molecule has 0 spiro atoms. The summed E-state index contributed by atoms with van der Waals surface area (Å²) >= 11 is 0. The van der Waals surface area contributed by atoms with E-state index in [2.05, 4.69) is 0 Å². The van der Waals surface area contributed by atoms with Gasteiger partial charge in [-0.2, -0.15) is 0 Å². The van der Waals surface area contributed by atoms with Gasteiger partial charge in [-0.05, 0) is 0 Å². The molecule has 0 bridgehead atoms. The van der Waals surface area contributed by atoms with E-state index in [-0.39, 0.29) is 0 Å². The van der Waals surface area contributed by atoms with E-state index in [9.17, 15) is 0 Å². The molecule has 0 aromatic heterocycles. The molecule has 1 unspecified atom stereocenters. The third-order valence-electron chi connectivity index (χ3n) is 2.59. The quantitative estimate of drug-likeness (QED) is 0.846. The number of ether oxygens (including phenoxy) is 1. The summed E-state index contributed by atoms with van der Waals surface area (Å²) < 4.78 is 22.0. The van der Waals surface area contributed by atoms with Gasteiger partial charge in [-0.1, -0.05) is 60.7 Å². The number of nitrogens with one attached hydrogen (secondary N) is 1. The second-order valence-corrected chi connectivity index (χ2v) is 3.77. The SMILES string of the molecule is [2H]N1C(c2ccccc2)=COC1([2H])c1ccccc1. The van der Waals surface area contributed by atoms with Crippen LogP contribution in [0, 0.1) is 0 Å². The van der Waals surface area contributed by atoms with Gasteiger partial charge in [0, 0.05) is 11.1 Å². The van der Waals surface area contributed by atoms with Gasteiger partial charge in [0.25, 0.3) is 0 Å². The molecule has 2 aromatic rings. The molecule has 0 saturated heterocycles. The zero-order chi connectivity index (χ0) is 13.3. The maximum absolute atomic E-state index is 8.37. The molecule has 84 valence electrons. The second-order valence-electron chi connectivity index (χ2n) is 3.77. The van der Waals surface area contributed by atoms with E-state index in [0.29, 0.717) is 11.3 Å². The molecule has 0 radical (unpaired) electrons. The molecule has 1 heterocycles. The molecule has 2 aromatic carbocycles. The Morgan fingerprint density at radius 2 is 1.65 bits per heavy atom. The highest BCUT2D eigenvalue weighted by molar-refractivity contribution is 5.64. The fourth-order valence-electron chi connectivity index (χ4n) is 1.73. The highest BCUT2D eigenvalue weighted by atomic mass is 16.5. The van der Waals surface area contributed by atoms with E-state index in [1.807, 2.05) is 48.5 Å². The van der Waals surface area contributed by atoms with Crippen molar-refractivity contribution >= 4 is 5.70 Å². The molecular weight excluding hydrogens is 210 g/mol. The molecule has 1 N–H and O–H groups in total. The third kappa shape index (κ3) is 2.02. The summed E-state index contributed by atoms with van der Waals surface area (Å²) in [6.07, 6.45) is -0.0469. The van der Waals surface area contributed by atoms with Crippen molar-refractivity contribution in [3.8, 4) is 0 Å². The molecule has 0 fully saturated rings. The first kappa shape index (κ1) is 7.96. The summed E-state index contributed by atoms with van der Waals surface area (Å²) in [6, 6.07) is 18.6. The minimum absolute atomic E-state index is 0.583. The predicted molar refractivity (Wildman–Crippen MR) is 67.8 cm³/mol. The van der Waals surface area contributed by atoms with Gasteiger partial charge >= 0.3 is 0 Å². The van der Waals surface area contributed by atoms with E-state index in [4.69, 9.17) is 7.52 Å². The lowest BCUT2D eigenvalue weighted by molar-refractivity contribution is 0.155. The normalized spacial score (nSPS) is 24.7. The van der Waals surface area contributed by atoms with Gasteiger partial charge in [0.1, 0.15) is 7.63 Å². The first-order valence-electron chi connectivity index (χ1n) is 6.44. The topological polar surface area (TPSA) is 21.3 Å². The molecule has 1 aliphatic heterocycles. The van der Waals surface area contributed by atoms with Gasteiger partial charge in [-0.15, -0.1) is 0 Å². The average Bonchev–Trinajstić information content (AvgIpc) is 2.78. The van der Waals surface area contributed by atoms with E-state index < -0.39 is 6.20 Å². The summed E-state index contributed by atoms with van der Waals surface area (Å²) in [7, 11) is 0. The van der Waals surface area contributed by atoms with Gasteiger partial charge in [0.15, 0.2) is 7.62 Å². The predicted octanol–water partition coefficient (Wildman–Crippen LogP) is 3.30. The Kier molecular flexibility index (Phi) is 2.03. The Morgan fingerprint density at radius 1 is 1.00 bits per heavy atom. The number of hydrogen-bond acceptors (Lipinski definition) is 2. The monoisotopic (exact) mass is 225 g/mol. The van der Waals surface area contributed by atoms with Crippen LogP contribution >= 0.6 is 0 Å². The van der Waals surface area contributed by atoms with Crippen molar-refractivity contribution in [1.82, 2.24) is 5.31 Å². The fraction of sp³-hybridized carbons (Fsp3) is 0.0667. The smallest absolute Gasteiger partial charge is 0.195 e. The number of hydrogen-bond donors (Lipinski definition) is 1. The van der Waals surface area contributed by atoms with Crippen molar-refractivity contribution in [1.29, 1.82) is 0 Å². The van der Waals surface area contributed by atoms with Gasteiger partial charge in [-0.3, -0.25) is 0 Å². The maximum Gasteiger partial charge on any atom is 0.195 e. The zero-order valence-corrected chi connectivity index (χ0v) is 9.21. The number of benzene rings is 2. The van der Waals surface area contributed by atoms with Crippen LogP contribution in [-0.2, 0) is 4.74 Å². The summed E-state index contributed by atoms with van der Waals surface area (Å²) in [5, 5.41) is 1.09. The van der Waals surface area contributed by atoms with Crippen molar-refractivity contribution in [2.45, 2.75) is 6.20 Å². The zero-order valence-electron chi connectivity index (χ0n) is 11.2. The Hall–Kier alpha value is -2.22. The first-order chi connectivity index (χ1) is 9.22. The summed E-state index contributed by atoms with van der Waals surface area (Å²) in [4.78, 5) is 0. The van der Waals surface area contributed by atoms with Crippen molar-refractivity contribution in [3.05, 3.63) is 78.1 Å². The molecule has 1 aliphatic rings. The Bertz CT molecular complexity index is 600. The van der Waals surface area contributed by atoms with Crippen LogP contribution in [-0.4, -0.2) is 0 Å². The lowest BCUT2D eigenvalue weighted by Crippen LogP contribution is -2.14. The van der Waals surface area contributed by atoms with E-state index in [0.717, 1.165) is 10.9 Å². The largest absolute Gasteiger partial charge is 0.472 e. The lowest BCUT2D eigenvalue weighted by Gasteiger charge is -2.12. The molecule has 0 aliphatic carbocycles. The van der Waals surface area contributed by atoms with Crippen LogP contribution in [0.2, 0.25) is 1.41 Å². The van der Waals surface area contributed by atoms with Crippen molar-refractivity contribution < 1.29 is 7.52 Å². The molecular formula is C15H13NO. The Labute approximate surface area is 103 Å². The van der Waals surface area contributed by atoms with Crippen LogP contribution in [0.1, 0.15) is 18.7 Å². The standard InChI is InChI=1S/C15H13NO/c1-3-7-12(8-4-1)14-11-17-15(16-14)13-9-5-2-6-10-13/h1-11,15-16H/i15D/hD. The molecule has 0 saturated carbocycles. The molecule has 1 atom stereocenters. The fourth-order valence-corrected chi connectivity index (χ4v) is 1.73. The minimum Gasteiger partial charge on any atom is -0.472 e. The van der Waals surface area contributed by atoms with Crippen LogP contribution in [0.25, 0.3) is 5.70 Å². The second kappa shape index (κ2) is 4.34. The summed E-state index contributed by atoms with van der Waals surface area (Å²) in [6.45, 7) is 0. The van der Waals surface area contributed by atoms with Crippen LogP contribution < -0.4 is 5.31 Å². The van der Waals surface area contributed by atoms with Crippen molar-refractivity contribution in [2.24, 2.45) is 0 Å². The Morgan fingerprint density at radius 3 is 2.35 bits per heavy atom. The molecule has 2 nitrogen and oxygen atoms in total. The first-order valence-corrected chi connectivity index (χ1v) is 5.50. The van der Waals surface area contributed by atoms with Crippen LogP contribution in [0.5, 0.6) is 0 Å². The maximum atomic E-state index is 8.37. The molecule has 2 heteroatoms. The van der Waals surface area contributed by atoms with Crippen molar-refractivity contribution in [3.63, 3.8) is 0 Å². The highest BCUT2D eigenvalue weighted by Crippen LogP contribution is 2.26. The van der Waals surface area contributed by atoms with E-state index in [1.54, 1.807) is 12.1 Å². The minimum atomic E-state index is -1.52. The summed E-state index contributed by atoms with van der Waals surface area (Å²) in [5.41, 5.74) is 2.08. The third-order valence-corrected chi connectivity index (χ3v) is 2.59.